The summed E-state index contributed by atoms with van der Waals surface area (Å²) in [7, 11) is 2.11. The fraction of sp³-hybridized carbons (Fsp3) is 0.333. The number of rotatable bonds is 0. The molecule has 78 valence electrons. The van der Waals surface area contributed by atoms with Gasteiger partial charge < -0.3 is 10.3 Å². The van der Waals surface area contributed by atoms with Gasteiger partial charge in [0.15, 0.2) is 0 Å². The third-order valence-corrected chi connectivity index (χ3v) is 4.01. The summed E-state index contributed by atoms with van der Waals surface area (Å²) >= 11 is 3.61. The van der Waals surface area contributed by atoms with E-state index in [-0.39, 0.29) is 6.04 Å². The molecule has 15 heavy (non-hydrogen) atoms. The quantitative estimate of drug-likeness (QED) is 0.780. The lowest BCUT2D eigenvalue weighted by molar-refractivity contribution is 0.667. The van der Waals surface area contributed by atoms with Crippen molar-refractivity contribution >= 4 is 26.8 Å². The summed E-state index contributed by atoms with van der Waals surface area (Å²) in [5.41, 5.74) is 10.2. The van der Waals surface area contributed by atoms with Crippen LogP contribution in [0.4, 0.5) is 0 Å². The first kappa shape index (κ1) is 9.43. The van der Waals surface area contributed by atoms with E-state index in [4.69, 9.17) is 5.73 Å². The van der Waals surface area contributed by atoms with E-state index < -0.39 is 0 Å². The van der Waals surface area contributed by atoms with E-state index in [1.807, 2.05) is 0 Å². The van der Waals surface area contributed by atoms with Crippen LogP contribution in [0.15, 0.2) is 22.7 Å². The minimum Gasteiger partial charge on any atom is -0.345 e. The standard InChI is InChI=1S/C12H13BrN2/c1-15-11-7(3-2-4-9(11)13)8-5-6-10(14)12(8)15/h2-4,10H,5-6,14H2,1H3. The molecule has 0 amide bonds. The molecule has 0 spiro atoms. The lowest BCUT2D eigenvalue weighted by Gasteiger charge is -2.07. The zero-order valence-corrected chi connectivity index (χ0v) is 10.2. The topological polar surface area (TPSA) is 30.9 Å². The number of aromatic nitrogens is 1. The zero-order chi connectivity index (χ0) is 10.6. The number of fused-ring (bicyclic) bond motifs is 3. The molecular formula is C12H13BrN2. The van der Waals surface area contributed by atoms with Crippen molar-refractivity contribution in [1.29, 1.82) is 0 Å². The van der Waals surface area contributed by atoms with E-state index in [2.05, 4.69) is 45.7 Å². The van der Waals surface area contributed by atoms with Crippen LogP contribution in [-0.2, 0) is 13.5 Å². The average molecular weight is 265 g/mol. The molecule has 0 saturated heterocycles. The van der Waals surface area contributed by atoms with Gasteiger partial charge in [-0.05, 0) is 40.4 Å². The van der Waals surface area contributed by atoms with Gasteiger partial charge >= 0.3 is 0 Å². The van der Waals surface area contributed by atoms with Crippen LogP contribution >= 0.6 is 15.9 Å². The number of nitrogens with zero attached hydrogens (tertiary/aromatic N) is 1. The summed E-state index contributed by atoms with van der Waals surface area (Å²) in [6, 6.07) is 6.58. The minimum atomic E-state index is 0.212. The second kappa shape index (κ2) is 3.09. The third-order valence-electron chi connectivity index (χ3n) is 3.37. The first-order chi connectivity index (χ1) is 7.20. The Morgan fingerprint density at radius 3 is 3.07 bits per heavy atom. The van der Waals surface area contributed by atoms with Gasteiger partial charge in [0.1, 0.15) is 0 Å². The molecule has 1 aromatic heterocycles. The summed E-state index contributed by atoms with van der Waals surface area (Å²) in [5.74, 6) is 0. The lowest BCUT2D eigenvalue weighted by Crippen LogP contribution is -2.10. The molecule has 2 N–H and O–H groups in total. The Morgan fingerprint density at radius 2 is 2.27 bits per heavy atom. The van der Waals surface area contributed by atoms with E-state index in [9.17, 15) is 0 Å². The molecule has 3 heteroatoms. The maximum absolute atomic E-state index is 6.12. The van der Waals surface area contributed by atoms with Gasteiger partial charge in [-0.3, -0.25) is 0 Å². The van der Waals surface area contributed by atoms with Gasteiger partial charge in [-0.2, -0.15) is 0 Å². The van der Waals surface area contributed by atoms with E-state index in [1.165, 1.54) is 22.2 Å². The Labute approximate surface area is 97.2 Å². The van der Waals surface area contributed by atoms with Crippen molar-refractivity contribution < 1.29 is 0 Å². The number of hydrogen-bond acceptors (Lipinski definition) is 1. The van der Waals surface area contributed by atoms with E-state index in [0.29, 0.717) is 0 Å². The fourth-order valence-corrected chi connectivity index (χ4v) is 3.36. The van der Waals surface area contributed by atoms with Crippen molar-refractivity contribution in [2.24, 2.45) is 12.8 Å². The number of aryl methyl sites for hydroxylation is 2. The van der Waals surface area contributed by atoms with Gasteiger partial charge in [0.2, 0.25) is 0 Å². The fourth-order valence-electron chi connectivity index (χ4n) is 2.73. The maximum Gasteiger partial charge on any atom is 0.0627 e. The predicted octanol–water partition coefficient (Wildman–Crippen LogP) is 2.89. The molecule has 1 atom stereocenters. The molecule has 3 rings (SSSR count). The predicted molar refractivity (Wildman–Crippen MR) is 65.9 cm³/mol. The van der Waals surface area contributed by atoms with Crippen LogP contribution in [0.5, 0.6) is 0 Å². The maximum atomic E-state index is 6.12. The van der Waals surface area contributed by atoms with E-state index >= 15 is 0 Å². The van der Waals surface area contributed by atoms with Gasteiger partial charge in [0.25, 0.3) is 0 Å². The molecule has 1 aromatic carbocycles. The molecule has 2 nitrogen and oxygen atoms in total. The first-order valence-electron chi connectivity index (χ1n) is 5.21. The summed E-state index contributed by atoms with van der Waals surface area (Å²) < 4.78 is 3.40. The minimum absolute atomic E-state index is 0.212. The molecule has 1 aliphatic rings. The van der Waals surface area contributed by atoms with Gasteiger partial charge in [0, 0.05) is 28.6 Å². The number of nitrogens with two attached hydrogens (primary N) is 1. The summed E-state index contributed by atoms with van der Waals surface area (Å²) in [4.78, 5) is 0. The van der Waals surface area contributed by atoms with Crippen molar-refractivity contribution in [3.8, 4) is 0 Å². The normalized spacial score (nSPS) is 19.8. The van der Waals surface area contributed by atoms with Crippen LogP contribution in [0.3, 0.4) is 0 Å². The molecule has 0 saturated carbocycles. The van der Waals surface area contributed by atoms with E-state index in [1.54, 1.807) is 0 Å². The number of hydrogen-bond donors (Lipinski definition) is 1. The van der Waals surface area contributed by atoms with Crippen LogP contribution in [0.25, 0.3) is 10.9 Å². The number of para-hydroxylation sites is 1. The highest BCUT2D eigenvalue weighted by Crippen LogP contribution is 2.39. The van der Waals surface area contributed by atoms with Gasteiger partial charge in [-0.25, -0.2) is 0 Å². The second-order valence-electron chi connectivity index (χ2n) is 4.20. The molecule has 1 aliphatic carbocycles. The van der Waals surface area contributed by atoms with Crippen LogP contribution in [0, 0.1) is 0 Å². The molecular weight excluding hydrogens is 252 g/mol. The summed E-state index contributed by atoms with van der Waals surface area (Å²) in [6.07, 6.45) is 2.20. The molecule has 0 radical (unpaired) electrons. The first-order valence-corrected chi connectivity index (χ1v) is 6.00. The van der Waals surface area contributed by atoms with Crippen molar-refractivity contribution in [3.05, 3.63) is 33.9 Å². The van der Waals surface area contributed by atoms with Crippen LogP contribution in [0.1, 0.15) is 23.7 Å². The SMILES string of the molecule is Cn1c2c(c3cccc(Br)c31)CCC2N. The Bertz CT molecular complexity index is 542. The third kappa shape index (κ3) is 1.13. The Balaban J connectivity index is 2.48. The molecule has 1 unspecified atom stereocenters. The molecule has 0 aliphatic heterocycles. The monoisotopic (exact) mass is 264 g/mol. The number of halogens is 1. The van der Waals surface area contributed by atoms with Gasteiger partial charge in [-0.1, -0.05) is 12.1 Å². The van der Waals surface area contributed by atoms with Crippen molar-refractivity contribution in [3.63, 3.8) is 0 Å². The Kier molecular flexibility index (Phi) is 1.94. The van der Waals surface area contributed by atoms with Crippen molar-refractivity contribution in [2.45, 2.75) is 18.9 Å². The molecule has 0 bridgehead atoms. The van der Waals surface area contributed by atoms with Crippen LogP contribution in [0.2, 0.25) is 0 Å². The van der Waals surface area contributed by atoms with Gasteiger partial charge in [0.05, 0.1) is 5.52 Å². The number of benzene rings is 1. The van der Waals surface area contributed by atoms with E-state index in [0.717, 1.165) is 17.3 Å². The second-order valence-corrected chi connectivity index (χ2v) is 5.06. The molecule has 2 aromatic rings. The van der Waals surface area contributed by atoms with Crippen molar-refractivity contribution in [1.82, 2.24) is 4.57 Å². The molecule has 0 fully saturated rings. The Hall–Kier alpha value is -0.800. The average Bonchev–Trinajstić information content (AvgIpc) is 2.70. The largest absolute Gasteiger partial charge is 0.345 e. The smallest absolute Gasteiger partial charge is 0.0627 e. The highest BCUT2D eigenvalue weighted by Gasteiger charge is 2.26. The lowest BCUT2D eigenvalue weighted by atomic mass is 10.1. The summed E-state index contributed by atoms with van der Waals surface area (Å²) in [6.45, 7) is 0. The Morgan fingerprint density at radius 1 is 1.47 bits per heavy atom. The van der Waals surface area contributed by atoms with Gasteiger partial charge in [-0.15, -0.1) is 0 Å². The highest BCUT2D eigenvalue weighted by atomic mass is 79.9. The highest BCUT2D eigenvalue weighted by molar-refractivity contribution is 9.10. The summed E-state index contributed by atoms with van der Waals surface area (Å²) in [5, 5.41) is 1.36. The van der Waals surface area contributed by atoms with Crippen LogP contribution in [-0.4, -0.2) is 4.57 Å². The molecule has 1 heterocycles. The van der Waals surface area contributed by atoms with Crippen LogP contribution < -0.4 is 5.73 Å². The van der Waals surface area contributed by atoms with Crippen molar-refractivity contribution in [2.75, 3.05) is 0 Å². The zero-order valence-electron chi connectivity index (χ0n) is 8.63.